The monoisotopic (exact) mass is 277 g/mol. The van der Waals surface area contributed by atoms with Crippen LogP contribution in [0, 0.1) is 0 Å². The lowest BCUT2D eigenvalue weighted by Gasteiger charge is -2.27. The van der Waals surface area contributed by atoms with Crippen molar-refractivity contribution in [2.24, 2.45) is 0 Å². The van der Waals surface area contributed by atoms with Crippen LogP contribution in [0.5, 0.6) is 0 Å². The topological polar surface area (TPSA) is 58.4 Å². The third-order valence-corrected chi connectivity index (χ3v) is 4.03. The maximum absolute atomic E-state index is 12.2. The predicted octanol–water partition coefficient (Wildman–Crippen LogP) is 1.02. The number of aromatic nitrogens is 2. The summed E-state index contributed by atoms with van der Waals surface area (Å²) in [4.78, 5) is 14.1. The lowest BCUT2D eigenvalue weighted by Crippen LogP contribution is -2.39. The second-order valence-electron chi connectivity index (χ2n) is 4.63. The van der Waals surface area contributed by atoms with Gasteiger partial charge in [0, 0.05) is 6.54 Å². The first-order chi connectivity index (χ1) is 9.26. The van der Waals surface area contributed by atoms with E-state index in [0.717, 1.165) is 11.3 Å². The van der Waals surface area contributed by atoms with Crippen LogP contribution in [-0.4, -0.2) is 32.2 Å². The van der Waals surface area contributed by atoms with Gasteiger partial charge in [-0.2, -0.15) is 16.4 Å². The van der Waals surface area contributed by atoms with Gasteiger partial charge >= 0.3 is 0 Å². The van der Waals surface area contributed by atoms with Gasteiger partial charge in [0.25, 0.3) is 0 Å². The fourth-order valence-corrected chi connectivity index (χ4v) is 2.96. The minimum absolute atomic E-state index is 0.0527. The molecule has 0 radical (unpaired) electrons. The van der Waals surface area contributed by atoms with Gasteiger partial charge in [0.05, 0.1) is 37.5 Å². The first-order valence-corrected chi connectivity index (χ1v) is 7.16. The normalized spacial score (nSPS) is 14.5. The fourth-order valence-electron chi connectivity index (χ4n) is 2.30. The first kappa shape index (κ1) is 12.4. The van der Waals surface area contributed by atoms with Gasteiger partial charge in [-0.05, 0) is 28.5 Å². The zero-order chi connectivity index (χ0) is 13.2. The Morgan fingerprint density at radius 3 is 3.11 bits per heavy atom. The Labute approximate surface area is 115 Å². The van der Waals surface area contributed by atoms with Crippen LogP contribution >= 0.6 is 11.3 Å². The second kappa shape index (κ2) is 5.14. The molecule has 3 rings (SSSR count). The van der Waals surface area contributed by atoms with Crippen molar-refractivity contribution in [2.75, 3.05) is 6.54 Å². The van der Waals surface area contributed by atoms with E-state index >= 15 is 0 Å². The van der Waals surface area contributed by atoms with E-state index < -0.39 is 0 Å². The summed E-state index contributed by atoms with van der Waals surface area (Å²) in [6.45, 7) is 1.91. The Morgan fingerprint density at radius 2 is 2.37 bits per heavy atom. The van der Waals surface area contributed by atoms with Gasteiger partial charge in [0.2, 0.25) is 5.91 Å². The van der Waals surface area contributed by atoms with E-state index in [-0.39, 0.29) is 12.5 Å². The second-order valence-corrected chi connectivity index (χ2v) is 5.41. The van der Waals surface area contributed by atoms with Gasteiger partial charge in [0.15, 0.2) is 0 Å². The van der Waals surface area contributed by atoms with E-state index in [2.05, 4.69) is 5.10 Å². The minimum Gasteiger partial charge on any atom is -0.390 e. The van der Waals surface area contributed by atoms with Crippen molar-refractivity contribution < 1.29 is 9.90 Å². The van der Waals surface area contributed by atoms with Crippen molar-refractivity contribution in [2.45, 2.75) is 26.1 Å². The van der Waals surface area contributed by atoms with Crippen LogP contribution < -0.4 is 0 Å². The molecule has 0 saturated carbocycles. The van der Waals surface area contributed by atoms with Crippen molar-refractivity contribution in [3.05, 3.63) is 39.8 Å². The number of hydrogen-bond acceptors (Lipinski definition) is 4. The summed E-state index contributed by atoms with van der Waals surface area (Å²) < 4.78 is 1.87. The summed E-state index contributed by atoms with van der Waals surface area (Å²) in [5.74, 6) is 0.149. The lowest BCUT2D eigenvalue weighted by molar-refractivity contribution is -0.131. The van der Waals surface area contributed by atoms with E-state index in [1.165, 1.54) is 0 Å². The fraction of sp³-hybridized carbons (Fsp3) is 0.385. The highest BCUT2D eigenvalue weighted by molar-refractivity contribution is 7.07. The van der Waals surface area contributed by atoms with Gasteiger partial charge in [0.1, 0.15) is 0 Å². The van der Waals surface area contributed by atoms with Crippen molar-refractivity contribution in [3.63, 3.8) is 0 Å². The Hall–Kier alpha value is -1.66. The minimum atomic E-state index is -0.0527. The molecule has 100 valence electrons. The summed E-state index contributed by atoms with van der Waals surface area (Å²) in [5, 5.41) is 17.3. The molecule has 5 nitrogen and oxygen atoms in total. The molecule has 1 N–H and O–H groups in total. The molecule has 19 heavy (non-hydrogen) atoms. The summed E-state index contributed by atoms with van der Waals surface area (Å²) in [6, 6.07) is 3.85. The van der Waals surface area contributed by atoms with E-state index in [4.69, 9.17) is 5.11 Å². The number of hydrogen-bond donors (Lipinski definition) is 1. The Morgan fingerprint density at radius 1 is 1.47 bits per heavy atom. The molecule has 6 heteroatoms. The molecule has 0 aromatic carbocycles. The van der Waals surface area contributed by atoms with E-state index in [9.17, 15) is 4.79 Å². The summed E-state index contributed by atoms with van der Waals surface area (Å²) in [6.07, 6.45) is 0.463. The molecular formula is C13H15N3O2S. The number of aliphatic hydroxyl groups is 1. The molecule has 2 aromatic heterocycles. The molecule has 1 aliphatic heterocycles. The number of fused-ring (bicyclic) bond motifs is 1. The summed E-state index contributed by atoms with van der Waals surface area (Å²) >= 11 is 1.61. The molecule has 2 aromatic rings. The van der Waals surface area contributed by atoms with Crippen molar-refractivity contribution in [3.8, 4) is 0 Å². The molecule has 0 spiro atoms. The van der Waals surface area contributed by atoms with Gasteiger partial charge < -0.3 is 10.0 Å². The zero-order valence-corrected chi connectivity index (χ0v) is 11.3. The highest BCUT2D eigenvalue weighted by Crippen LogP contribution is 2.16. The average molecular weight is 277 g/mol. The Kier molecular flexibility index (Phi) is 3.35. The van der Waals surface area contributed by atoms with Crippen LogP contribution in [0.2, 0.25) is 0 Å². The highest BCUT2D eigenvalue weighted by Gasteiger charge is 2.22. The Bertz CT molecular complexity index is 577. The molecule has 0 atom stereocenters. The van der Waals surface area contributed by atoms with Gasteiger partial charge in [-0.25, -0.2) is 0 Å². The highest BCUT2D eigenvalue weighted by atomic mass is 32.1. The maximum Gasteiger partial charge on any atom is 0.227 e. The number of thiophene rings is 1. The van der Waals surface area contributed by atoms with Gasteiger partial charge in [-0.3, -0.25) is 9.48 Å². The Balaban J connectivity index is 1.69. The van der Waals surface area contributed by atoms with Crippen LogP contribution in [0.25, 0.3) is 0 Å². The van der Waals surface area contributed by atoms with E-state index in [1.807, 2.05) is 32.5 Å². The molecule has 0 unspecified atom stereocenters. The van der Waals surface area contributed by atoms with Crippen LogP contribution in [-0.2, 0) is 30.9 Å². The predicted molar refractivity (Wildman–Crippen MR) is 71.6 cm³/mol. The number of carbonyl (C=O) groups excluding carboxylic acids is 1. The largest absolute Gasteiger partial charge is 0.390 e. The third-order valence-electron chi connectivity index (χ3n) is 3.30. The number of nitrogens with zero attached hydrogens (tertiary/aromatic N) is 3. The third kappa shape index (κ3) is 2.54. The molecule has 0 bridgehead atoms. The smallest absolute Gasteiger partial charge is 0.227 e. The van der Waals surface area contributed by atoms with Crippen molar-refractivity contribution in [1.82, 2.24) is 14.7 Å². The van der Waals surface area contributed by atoms with Crippen molar-refractivity contribution >= 4 is 17.2 Å². The maximum atomic E-state index is 12.2. The molecule has 3 heterocycles. The molecule has 0 fully saturated rings. The number of aliphatic hydroxyl groups excluding tert-OH is 1. The molecule has 1 amide bonds. The van der Waals surface area contributed by atoms with Crippen LogP contribution in [0.15, 0.2) is 22.9 Å². The number of carbonyl (C=O) groups is 1. The van der Waals surface area contributed by atoms with Crippen LogP contribution in [0.1, 0.15) is 17.0 Å². The number of rotatable bonds is 3. The molecule has 1 aliphatic rings. The van der Waals surface area contributed by atoms with Gasteiger partial charge in [-0.15, -0.1) is 0 Å². The standard InChI is InChI=1S/C13H15N3O2S/c17-8-11-6-12-7-15(2-3-16(12)14-11)13(18)5-10-1-4-19-9-10/h1,4,6,9,17H,2-3,5,7-8H2. The quantitative estimate of drug-likeness (QED) is 0.911. The van der Waals surface area contributed by atoms with Crippen LogP contribution in [0.4, 0.5) is 0 Å². The average Bonchev–Trinajstić information content (AvgIpc) is 3.05. The molecular weight excluding hydrogens is 262 g/mol. The van der Waals surface area contributed by atoms with E-state index in [1.54, 1.807) is 11.3 Å². The first-order valence-electron chi connectivity index (χ1n) is 6.21. The number of amides is 1. The SMILES string of the molecule is O=C(Cc1ccsc1)N1CCn2nc(CO)cc2C1. The summed E-state index contributed by atoms with van der Waals surface area (Å²) in [7, 11) is 0. The lowest BCUT2D eigenvalue weighted by atomic mass is 10.2. The van der Waals surface area contributed by atoms with Gasteiger partial charge in [-0.1, -0.05) is 0 Å². The van der Waals surface area contributed by atoms with E-state index in [0.29, 0.717) is 31.7 Å². The van der Waals surface area contributed by atoms with Crippen LogP contribution in [0.3, 0.4) is 0 Å². The molecule has 0 saturated heterocycles. The van der Waals surface area contributed by atoms with Crippen molar-refractivity contribution in [1.29, 1.82) is 0 Å². The zero-order valence-electron chi connectivity index (χ0n) is 10.5. The molecule has 0 aliphatic carbocycles. The summed E-state index contributed by atoms with van der Waals surface area (Å²) in [5.41, 5.74) is 2.74.